The Balaban J connectivity index is 2.24. The van der Waals surface area contributed by atoms with Crippen LogP contribution in [0.25, 0.3) is 0 Å². The van der Waals surface area contributed by atoms with Crippen molar-refractivity contribution in [3.05, 3.63) is 24.3 Å². The third-order valence-electron chi connectivity index (χ3n) is 2.56. The van der Waals surface area contributed by atoms with E-state index in [1.54, 1.807) is 0 Å². The molecular formula is C13H23NO2Si. The van der Waals surface area contributed by atoms with E-state index in [-0.39, 0.29) is 0 Å². The number of nitrogens with two attached hydrogens (primary N) is 1. The lowest BCUT2D eigenvalue weighted by molar-refractivity contribution is 0.210. The second-order valence-electron chi connectivity index (χ2n) is 4.78. The number of nitrogen functional groups attached to an aromatic ring is 1. The first-order valence-electron chi connectivity index (χ1n) is 6.16. The van der Waals surface area contributed by atoms with E-state index < -0.39 is 8.32 Å². The molecule has 4 heteroatoms. The molecule has 0 fully saturated rings. The molecule has 0 aliphatic rings. The average molecular weight is 253 g/mol. The maximum atomic E-state index is 5.90. The summed E-state index contributed by atoms with van der Waals surface area (Å²) in [5, 5.41) is 0. The smallest absolute Gasteiger partial charge is 0.186 e. The van der Waals surface area contributed by atoms with Gasteiger partial charge in [-0.3, -0.25) is 0 Å². The van der Waals surface area contributed by atoms with Crippen molar-refractivity contribution in [2.75, 3.05) is 18.9 Å². The highest BCUT2D eigenvalue weighted by atomic mass is 28.4. The molecule has 1 rings (SSSR count). The minimum absolute atomic E-state index is 0.587. The van der Waals surface area contributed by atoms with Crippen molar-refractivity contribution in [1.29, 1.82) is 0 Å². The number of hydrogen-bond donors (Lipinski definition) is 1. The molecule has 0 aliphatic carbocycles. The maximum absolute atomic E-state index is 5.90. The Morgan fingerprint density at radius 3 is 2.65 bits per heavy atom. The number of hydrogen-bond acceptors (Lipinski definition) is 3. The lowest BCUT2D eigenvalue weighted by Crippen LogP contribution is -2.31. The zero-order valence-corrected chi connectivity index (χ0v) is 12.0. The highest BCUT2D eigenvalue weighted by molar-refractivity contribution is 6.71. The normalized spacial score (nSPS) is 11.5. The van der Waals surface area contributed by atoms with E-state index in [2.05, 4.69) is 20.0 Å². The van der Waals surface area contributed by atoms with E-state index in [0.29, 0.717) is 13.2 Å². The minimum Gasteiger partial charge on any atom is -0.491 e. The van der Waals surface area contributed by atoms with E-state index in [1.807, 2.05) is 24.3 Å². The highest BCUT2D eigenvalue weighted by Crippen LogP contribution is 2.15. The van der Waals surface area contributed by atoms with Crippen LogP contribution in [0.1, 0.15) is 13.3 Å². The molecule has 0 radical (unpaired) electrons. The predicted octanol–water partition coefficient (Wildman–Crippen LogP) is 3.28. The molecule has 17 heavy (non-hydrogen) atoms. The van der Waals surface area contributed by atoms with Crippen LogP contribution in [0.5, 0.6) is 5.75 Å². The van der Waals surface area contributed by atoms with Crippen molar-refractivity contribution in [2.45, 2.75) is 32.5 Å². The number of benzene rings is 1. The fraction of sp³-hybridized carbons (Fsp3) is 0.538. The maximum Gasteiger partial charge on any atom is 0.186 e. The molecule has 0 aliphatic heterocycles. The van der Waals surface area contributed by atoms with Crippen molar-refractivity contribution in [2.24, 2.45) is 0 Å². The minimum atomic E-state index is -1.46. The van der Waals surface area contributed by atoms with Crippen LogP contribution in [0.3, 0.4) is 0 Å². The Morgan fingerprint density at radius 1 is 1.24 bits per heavy atom. The molecule has 2 N–H and O–H groups in total. The summed E-state index contributed by atoms with van der Waals surface area (Å²) >= 11 is 0. The quantitative estimate of drug-likeness (QED) is 0.461. The second-order valence-corrected chi connectivity index (χ2v) is 9.09. The SMILES string of the molecule is CCC[Si](C)(C)OCCOc1cccc(N)c1. The summed E-state index contributed by atoms with van der Waals surface area (Å²) in [6.07, 6.45) is 1.19. The summed E-state index contributed by atoms with van der Waals surface area (Å²) in [6, 6.07) is 8.67. The van der Waals surface area contributed by atoms with Gasteiger partial charge in [-0.05, 0) is 31.3 Å². The Kier molecular flexibility index (Phi) is 5.51. The van der Waals surface area contributed by atoms with E-state index in [0.717, 1.165) is 11.4 Å². The lowest BCUT2D eigenvalue weighted by Gasteiger charge is -2.22. The van der Waals surface area contributed by atoms with Crippen molar-refractivity contribution >= 4 is 14.0 Å². The van der Waals surface area contributed by atoms with Crippen molar-refractivity contribution in [1.82, 2.24) is 0 Å². The van der Waals surface area contributed by atoms with Gasteiger partial charge in [-0.1, -0.05) is 19.4 Å². The van der Waals surface area contributed by atoms with Gasteiger partial charge in [-0.15, -0.1) is 0 Å². The molecule has 0 bridgehead atoms. The largest absolute Gasteiger partial charge is 0.491 e. The first kappa shape index (κ1) is 14.1. The molecule has 0 spiro atoms. The summed E-state index contributed by atoms with van der Waals surface area (Å²) < 4.78 is 11.5. The van der Waals surface area contributed by atoms with Crippen molar-refractivity contribution in [3.63, 3.8) is 0 Å². The lowest BCUT2D eigenvalue weighted by atomic mass is 10.3. The van der Waals surface area contributed by atoms with E-state index >= 15 is 0 Å². The number of ether oxygens (including phenoxy) is 1. The third-order valence-corrected chi connectivity index (χ3v) is 5.24. The van der Waals surface area contributed by atoms with E-state index in [9.17, 15) is 0 Å². The van der Waals surface area contributed by atoms with Gasteiger partial charge in [0.15, 0.2) is 8.32 Å². The summed E-state index contributed by atoms with van der Waals surface area (Å²) in [4.78, 5) is 0. The van der Waals surface area contributed by atoms with Crippen LogP contribution >= 0.6 is 0 Å². The number of anilines is 1. The van der Waals surface area contributed by atoms with Gasteiger partial charge in [0, 0.05) is 11.8 Å². The molecule has 0 heterocycles. The average Bonchev–Trinajstić information content (AvgIpc) is 2.24. The van der Waals surface area contributed by atoms with Crippen LogP contribution in [0, 0.1) is 0 Å². The van der Waals surface area contributed by atoms with Gasteiger partial charge < -0.3 is 14.9 Å². The molecule has 0 aromatic heterocycles. The zero-order chi connectivity index (χ0) is 12.7. The van der Waals surface area contributed by atoms with E-state index in [1.165, 1.54) is 12.5 Å². The van der Waals surface area contributed by atoms with Crippen LogP contribution in [0.4, 0.5) is 5.69 Å². The van der Waals surface area contributed by atoms with Crippen LogP contribution < -0.4 is 10.5 Å². The van der Waals surface area contributed by atoms with Crippen LogP contribution in [0.15, 0.2) is 24.3 Å². The molecule has 96 valence electrons. The zero-order valence-electron chi connectivity index (χ0n) is 11.0. The van der Waals surface area contributed by atoms with Gasteiger partial charge in [-0.2, -0.15) is 0 Å². The topological polar surface area (TPSA) is 44.5 Å². The third kappa shape index (κ3) is 5.75. The molecule has 0 atom stereocenters. The molecule has 0 unspecified atom stereocenters. The second kappa shape index (κ2) is 6.66. The van der Waals surface area contributed by atoms with Gasteiger partial charge in [-0.25, -0.2) is 0 Å². The van der Waals surface area contributed by atoms with Gasteiger partial charge in [0.2, 0.25) is 0 Å². The Labute approximate surface area is 105 Å². The summed E-state index contributed by atoms with van der Waals surface area (Å²) in [5.41, 5.74) is 6.39. The van der Waals surface area contributed by atoms with Crippen molar-refractivity contribution < 1.29 is 9.16 Å². The standard InChI is InChI=1S/C13H23NO2Si/c1-4-10-17(2,3)16-9-8-15-13-7-5-6-12(14)11-13/h5-7,11H,4,8-10,14H2,1-3H3. The van der Waals surface area contributed by atoms with Gasteiger partial charge in [0.25, 0.3) is 0 Å². The summed E-state index contributed by atoms with van der Waals surface area (Å²) in [6.45, 7) is 7.94. The first-order valence-corrected chi connectivity index (χ1v) is 9.27. The van der Waals surface area contributed by atoms with Crippen molar-refractivity contribution in [3.8, 4) is 5.75 Å². The monoisotopic (exact) mass is 253 g/mol. The molecule has 0 saturated carbocycles. The molecule has 3 nitrogen and oxygen atoms in total. The summed E-state index contributed by atoms with van der Waals surface area (Å²) in [5.74, 6) is 0.809. The predicted molar refractivity (Wildman–Crippen MR) is 74.9 cm³/mol. The van der Waals surface area contributed by atoms with Gasteiger partial charge in [0.05, 0.1) is 6.61 Å². The Hall–Kier alpha value is -1.00. The summed E-state index contributed by atoms with van der Waals surface area (Å²) in [7, 11) is -1.46. The molecule has 1 aromatic rings. The molecule has 0 saturated heterocycles. The van der Waals surface area contributed by atoms with E-state index in [4.69, 9.17) is 14.9 Å². The van der Waals surface area contributed by atoms with Crippen LogP contribution in [-0.2, 0) is 4.43 Å². The van der Waals surface area contributed by atoms with Crippen LogP contribution in [0.2, 0.25) is 19.1 Å². The van der Waals surface area contributed by atoms with Gasteiger partial charge in [0.1, 0.15) is 12.4 Å². The Bertz CT molecular complexity index is 342. The fourth-order valence-corrected chi connectivity index (χ4v) is 3.74. The first-order chi connectivity index (χ1) is 8.03. The van der Waals surface area contributed by atoms with Gasteiger partial charge >= 0.3 is 0 Å². The highest BCUT2D eigenvalue weighted by Gasteiger charge is 2.20. The fourth-order valence-electron chi connectivity index (χ4n) is 1.76. The Morgan fingerprint density at radius 2 is 2.00 bits per heavy atom. The molecule has 0 amide bonds. The molecule has 1 aromatic carbocycles. The van der Waals surface area contributed by atoms with Crippen LogP contribution in [-0.4, -0.2) is 21.5 Å². The number of rotatable bonds is 7. The molecular weight excluding hydrogens is 230 g/mol.